The number of rotatable bonds is 5. The number of fused-ring (bicyclic) bond motifs is 2. The van der Waals surface area contributed by atoms with Gasteiger partial charge in [-0.25, -0.2) is 0 Å². The zero-order valence-electron chi connectivity index (χ0n) is 13.5. The summed E-state index contributed by atoms with van der Waals surface area (Å²) in [5.41, 5.74) is 2.87. The van der Waals surface area contributed by atoms with Crippen molar-refractivity contribution < 1.29 is 9.26 Å². The zero-order valence-corrected chi connectivity index (χ0v) is 14.3. The van der Waals surface area contributed by atoms with Crippen molar-refractivity contribution in [1.29, 1.82) is 0 Å². The fraction of sp³-hybridized carbons (Fsp3) is 0.526. The van der Waals surface area contributed by atoms with Gasteiger partial charge in [0, 0.05) is 29.1 Å². The van der Waals surface area contributed by atoms with Crippen LogP contribution in [0.25, 0.3) is 11.3 Å². The molecule has 0 amide bonds. The summed E-state index contributed by atoms with van der Waals surface area (Å²) in [6.07, 6.45) is 6.31. The van der Waals surface area contributed by atoms with Crippen molar-refractivity contribution in [3.63, 3.8) is 0 Å². The summed E-state index contributed by atoms with van der Waals surface area (Å²) in [5, 5.41) is 8.68. The van der Waals surface area contributed by atoms with Gasteiger partial charge in [-0.1, -0.05) is 35.0 Å². The third-order valence-corrected chi connectivity index (χ3v) is 5.91. The van der Waals surface area contributed by atoms with E-state index in [4.69, 9.17) is 20.9 Å². The van der Waals surface area contributed by atoms with E-state index in [-0.39, 0.29) is 0 Å². The number of aromatic nitrogens is 1. The van der Waals surface area contributed by atoms with Crippen LogP contribution in [0.3, 0.4) is 0 Å². The Kier molecular flexibility index (Phi) is 3.65. The quantitative estimate of drug-likeness (QED) is 0.879. The molecule has 5 heteroatoms. The highest BCUT2D eigenvalue weighted by Crippen LogP contribution is 2.45. The molecule has 126 valence electrons. The lowest BCUT2D eigenvalue weighted by molar-refractivity contribution is 0.0247. The molecular weight excluding hydrogens is 324 g/mol. The van der Waals surface area contributed by atoms with E-state index in [0.29, 0.717) is 35.7 Å². The van der Waals surface area contributed by atoms with Crippen molar-refractivity contribution >= 4 is 11.6 Å². The van der Waals surface area contributed by atoms with Crippen molar-refractivity contribution in [2.24, 2.45) is 0 Å². The molecule has 2 aliphatic heterocycles. The molecule has 2 saturated heterocycles. The Morgan fingerprint density at radius 1 is 1.21 bits per heavy atom. The molecule has 0 radical (unpaired) electrons. The van der Waals surface area contributed by atoms with Crippen LogP contribution in [0, 0.1) is 0 Å². The Balaban J connectivity index is 1.43. The topological polar surface area (TPSA) is 47.3 Å². The standard InChI is InChI=1S/C19H21ClN2O2/c20-15-4-2-1-3-13(15)18-14(19(24-22-18)11-5-6-11)10-23-17-9-12-7-8-16(17)21-12/h1-4,11-12,16-17,21H,5-10H2/t12?,16-,17?/m0/s1. The van der Waals surface area contributed by atoms with Gasteiger partial charge < -0.3 is 14.6 Å². The summed E-state index contributed by atoms with van der Waals surface area (Å²) in [6.45, 7) is 0.561. The van der Waals surface area contributed by atoms with E-state index < -0.39 is 0 Å². The van der Waals surface area contributed by atoms with E-state index in [0.717, 1.165) is 29.0 Å². The monoisotopic (exact) mass is 344 g/mol. The number of halogens is 1. The van der Waals surface area contributed by atoms with E-state index in [2.05, 4.69) is 10.5 Å². The van der Waals surface area contributed by atoms with Crippen LogP contribution < -0.4 is 5.32 Å². The van der Waals surface area contributed by atoms with Gasteiger partial charge in [0.25, 0.3) is 0 Å². The van der Waals surface area contributed by atoms with Crippen molar-refractivity contribution in [3.8, 4) is 11.3 Å². The normalized spacial score (nSPS) is 28.6. The molecule has 24 heavy (non-hydrogen) atoms. The fourth-order valence-corrected chi connectivity index (χ4v) is 4.37. The Hall–Kier alpha value is -1.36. The molecule has 2 aromatic rings. The number of nitrogens with one attached hydrogen (secondary N) is 1. The average Bonchev–Trinajstić information content (AvgIpc) is 3.04. The molecular formula is C19H21ClN2O2. The van der Waals surface area contributed by atoms with Crippen LogP contribution in [-0.2, 0) is 11.3 Å². The lowest BCUT2D eigenvalue weighted by Crippen LogP contribution is -2.29. The second-order valence-corrected chi connectivity index (χ2v) is 7.67. The lowest BCUT2D eigenvalue weighted by atomic mass is 9.97. The van der Waals surface area contributed by atoms with Crippen LogP contribution in [0.5, 0.6) is 0 Å². The third-order valence-electron chi connectivity index (χ3n) is 5.58. The largest absolute Gasteiger partial charge is 0.372 e. The highest BCUT2D eigenvalue weighted by molar-refractivity contribution is 6.33. The molecule has 1 aromatic carbocycles. The number of hydrogen-bond acceptors (Lipinski definition) is 4. The minimum absolute atomic E-state index is 0.310. The van der Waals surface area contributed by atoms with Crippen LogP contribution in [0.4, 0.5) is 0 Å². The van der Waals surface area contributed by atoms with E-state index >= 15 is 0 Å². The molecule has 5 rings (SSSR count). The summed E-state index contributed by atoms with van der Waals surface area (Å²) in [4.78, 5) is 0. The zero-order chi connectivity index (χ0) is 16.1. The molecule has 3 aliphatic rings. The van der Waals surface area contributed by atoms with Crippen LogP contribution in [0.15, 0.2) is 28.8 Å². The first-order valence-corrected chi connectivity index (χ1v) is 9.28. The second kappa shape index (κ2) is 5.87. The molecule has 0 spiro atoms. The van der Waals surface area contributed by atoms with Crippen LogP contribution >= 0.6 is 11.6 Å². The van der Waals surface area contributed by atoms with Crippen molar-refractivity contribution in [1.82, 2.24) is 10.5 Å². The Bertz CT molecular complexity index is 756. The van der Waals surface area contributed by atoms with Gasteiger partial charge in [0.1, 0.15) is 11.5 Å². The van der Waals surface area contributed by atoms with Gasteiger partial charge in [0.15, 0.2) is 0 Å². The molecule has 3 fully saturated rings. The Morgan fingerprint density at radius 2 is 2.08 bits per heavy atom. The van der Waals surface area contributed by atoms with Crippen molar-refractivity contribution in [2.45, 2.75) is 62.8 Å². The maximum atomic E-state index is 6.38. The molecule has 1 saturated carbocycles. The van der Waals surface area contributed by atoms with Gasteiger partial charge >= 0.3 is 0 Å². The predicted octanol–water partition coefficient (Wildman–Crippen LogP) is 4.28. The number of hydrogen-bond donors (Lipinski definition) is 1. The highest BCUT2D eigenvalue weighted by atomic mass is 35.5. The molecule has 1 aromatic heterocycles. The van der Waals surface area contributed by atoms with Crippen LogP contribution in [0.2, 0.25) is 5.02 Å². The summed E-state index contributed by atoms with van der Waals surface area (Å²) >= 11 is 6.38. The van der Waals surface area contributed by atoms with Gasteiger partial charge in [-0.05, 0) is 38.2 Å². The molecule has 2 bridgehead atoms. The molecule has 1 aliphatic carbocycles. The maximum Gasteiger partial charge on any atom is 0.145 e. The Morgan fingerprint density at radius 3 is 2.79 bits per heavy atom. The van der Waals surface area contributed by atoms with E-state index in [9.17, 15) is 0 Å². The summed E-state index contributed by atoms with van der Waals surface area (Å²) in [7, 11) is 0. The Labute approximate surface area is 146 Å². The molecule has 2 unspecified atom stereocenters. The molecule has 4 nitrogen and oxygen atoms in total. The number of nitrogens with zero attached hydrogens (tertiary/aromatic N) is 1. The summed E-state index contributed by atoms with van der Waals surface area (Å²) in [5.74, 6) is 1.51. The lowest BCUT2D eigenvalue weighted by Gasteiger charge is -2.20. The SMILES string of the molecule is Clc1ccccc1-c1noc(C2CC2)c1COC1CC2CC[C@@H]1N2. The van der Waals surface area contributed by atoms with Crippen LogP contribution in [0.1, 0.15) is 49.3 Å². The second-order valence-electron chi connectivity index (χ2n) is 7.26. The minimum atomic E-state index is 0.310. The van der Waals surface area contributed by atoms with Gasteiger partial charge in [-0.15, -0.1) is 0 Å². The minimum Gasteiger partial charge on any atom is -0.372 e. The third kappa shape index (κ3) is 2.57. The first-order chi connectivity index (χ1) is 11.8. The van der Waals surface area contributed by atoms with Crippen molar-refractivity contribution in [3.05, 3.63) is 40.6 Å². The number of ether oxygens (including phenoxy) is 1. The van der Waals surface area contributed by atoms with E-state index in [1.165, 1.54) is 25.7 Å². The molecule has 3 atom stereocenters. The van der Waals surface area contributed by atoms with Gasteiger partial charge in [-0.3, -0.25) is 0 Å². The first kappa shape index (κ1) is 14.9. The average molecular weight is 345 g/mol. The van der Waals surface area contributed by atoms with Crippen LogP contribution in [-0.4, -0.2) is 23.3 Å². The van der Waals surface area contributed by atoms with Gasteiger partial charge in [-0.2, -0.15) is 0 Å². The van der Waals surface area contributed by atoms with Gasteiger partial charge in [0.05, 0.1) is 17.7 Å². The van der Waals surface area contributed by atoms with E-state index in [1.54, 1.807) is 0 Å². The van der Waals surface area contributed by atoms with Crippen molar-refractivity contribution in [2.75, 3.05) is 0 Å². The van der Waals surface area contributed by atoms with E-state index in [1.807, 2.05) is 24.3 Å². The van der Waals surface area contributed by atoms with Gasteiger partial charge in [0.2, 0.25) is 0 Å². The smallest absolute Gasteiger partial charge is 0.145 e. The first-order valence-electron chi connectivity index (χ1n) is 8.90. The fourth-order valence-electron chi connectivity index (χ4n) is 4.14. The summed E-state index contributed by atoms with van der Waals surface area (Å²) in [6, 6.07) is 8.98. The highest BCUT2D eigenvalue weighted by Gasteiger charge is 2.40. The summed E-state index contributed by atoms with van der Waals surface area (Å²) < 4.78 is 12.0. The predicted molar refractivity (Wildman–Crippen MR) is 92.1 cm³/mol. The number of benzene rings is 1. The molecule has 3 heterocycles. The maximum absolute atomic E-state index is 6.38. The molecule has 1 N–H and O–H groups in total.